The van der Waals surface area contributed by atoms with Gasteiger partial charge in [0.15, 0.2) is 0 Å². The first-order valence-corrected chi connectivity index (χ1v) is 11.1. The molecule has 1 amide bonds. The van der Waals surface area contributed by atoms with Crippen molar-refractivity contribution in [2.75, 3.05) is 33.3 Å². The minimum atomic E-state index is -0.333. The Balaban J connectivity index is 1.25. The zero-order valence-electron chi connectivity index (χ0n) is 18.6. The van der Waals surface area contributed by atoms with Crippen LogP contribution in [0.5, 0.6) is 5.75 Å². The number of fused-ring (bicyclic) bond motifs is 3. The van der Waals surface area contributed by atoms with Crippen LogP contribution in [-0.2, 0) is 17.9 Å². The monoisotopic (exact) mass is 446 g/mol. The van der Waals surface area contributed by atoms with Crippen molar-refractivity contribution >= 4 is 28.0 Å². The fourth-order valence-corrected chi connectivity index (χ4v) is 4.34. The van der Waals surface area contributed by atoms with E-state index in [0.717, 1.165) is 37.2 Å². The number of rotatable bonds is 5. The molecule has 1 saturated heterocycles. The van der Waals surface area contributed by atoms with E-state index in [1.807, 2.05) is 35.2 Å². The van der Waals surface area contributed by atoms with E-state index >= 15 is 0 Å². The zero-order chi connectivity index (χ0) is 22.8. The molecule has 5 rings (SSSR count). The van der Waals surface area contributed by atoms with Crippen LogP contribution < -0.4 is 10.3 Å². The lowest BCUT2D eigenvalue weighted by Gasteiger charge is -2.22. The number of ether oxygens (including phenoxy) is 1. The van der Waals surface area contributed by atoms with Gasteiger partial charge >= 0.3 is 0 Å². The topological polar surface area (TPSA) is 80.8 Å². The second kappa shape index (κ2) is 9.07. The lowest BCUT2D eigenvalue weighted by Crippen LogP contribution is -2.39. The summed E-state index contributed by atoms with van der Waals surface area (Å²) in [5.41, 5.74) is 2.22. The van der Waals surface area contributed by atoms with Crippen LogP contribution in [0.3, 0.4) is 0 Å². The van der Waals surface area contributed by atoms with Crippen molar-refractivity contribution in [2.24, 2.45) is 0 Å². The molecule has 1 fully saturated rings. The van der Waals surface area contributed by atoms with Crippen LogP contribution in [0.1, 0.15) is 12.0 Å². The van der Waals surface area contributed by atoms with Crippen molar-refractivity contribution in [2.45, 2.75) is 19.5 Å². The van der Waals surface area contributed by atoms with Crippen LogP contribution in [0, 0.1) is 0 Å². The maximum Gasteiger partial charge on any atom is 0.297 e. The molecule has 1 aliphatic rings. The number of hydrogen-bond acceptors (Lipinski definition) is 6. The number of amides is 1. The minimum Gasteiger partial charge on any atom is -0.497 e. The molecule has 0 atom stereocenters. The van der Waals surface area contributed by atoms with E-state index in [4.69, 9.17) is 9.15 Å². The number of hydrogen-bond donors (Lipinski definition) is 0. The van der Waals surface area contributed by atoms with Gasteiger partial charge in [0.25, 0.3) is 5.56 Å². The molecule has 4 aromatic rings. The molecule has 0 saturated carbocycles. The number of furan rings is 1. The van der Waals surface area contributed by atoms with Gasteiger partial charge in [-0.1, -0.05) is 24.3 Å². The molecule has 2 aromatic carbocycles. The highest BCUT2D eigenvalue weighted by atomic mass is 16.5. The first-order chi connectivity index (χ1) is 16.1. The van der Waals surface area contributed by atoms with E-state index in [9.17, 15) is 9.59 Å². The third-order valence-electron chi connectivity index (χ3n) is 6.16. The number of methoxy groups -OCH3 is 1. The lowest BCUT2D eigenvalue weighted by atomic mass is 10.2. The summed E-state index contributed by atoms with van der Waals surface area (Å²) < 4.78 is 12.3. The molecule has 0 radical (unpaired) electrons. The SMILES string of the molecule is COc1ccc(CN2CCCN(C(=O)Cn3cnc4c(oc5ccccc54)c3=O)CC2)cc1. The third kappa shape index (κ3) is 4.34. The summed E-state index contributed by atoms with van der Waals surface area (Å²) in [5.74, 6) is 0.762. The van der Waals surface area contributed by atoms with Crippen LogP contribution in [0.25, 0.3) is 22.1 Å². The Hall–Kier alpha value is -3.65. The number of nitrogens with zero attached hydrogens (tertiary/aromatic N) is 4. The van der Waals surface area contributed by atoms with Gasteiger partial charge in [-0.05, 0) is 36.2 Å². The summed E-state index contributed by atoms with van der Waals surface area (Å²) in [4.78, 5) is 34.5. The van der Waals surface area contributed by atoms with Gasteiger partial charge in [-0.2, -0.15) is 0 Å². The molecule has 3 heterocycles. The highest BCUT2D eigenvalue weighted by Crippen LogP contribution is 2.24. The molecule has 8 heteroatoms. The van der Waals surface area contributed by atoms with Crippen LogP contribution in [-0.4, -0.2) is 58.5 Å². The van der Waals surface area contributed by atoms with Gasteiger partial charge in [0.05, 0.1) is 13.4 Å². The predicted octanol–water partition coefficient (Wildman–Crippen LogP) is 2.89. The van der Waals surface area contributed by atoms with Crippen LogP contribution in [0.15, 0.2) is 64.1 Å². The zero-order valence-corrected chi connectivity index (χ0v) is 18.6. The molecular weight excluding hydrogens is 420 g/mol. The van der Waals surface area contributed by atoms with E-state index in [-0.39, 0.29) is 23.6 Å². The van der Waals surface area contributed by atoms with Crippen molar-refractivity contribution in [1.82, 2.24) is 19.4 Å². The van der Waals surface area contributed by atoms with Gasteiger partial charge in [0.2, 0.25) is 11.5 Å². The van der Waals surface area contributed by atoms with E-state index in [1.165, 1.54) is 16.5 Å². The molecular formula is C25H26N4O4. The van der Waals surface area contributed by atoms with Gasteiger partial charge in [0, 0.05) is 38.1 Å². The molecule has 0 spiro atoms. The number of aromatic nitrogens is 2. The Bertz CT molecular complexity index is 1340. The van der Waals surface area contributed by atoms with Crippen molar-refractivity contribution in [3.05, 3.63) is 70.8 Å². The Morgan fingerprint density at radius 3 is 2.70 bits per heavy atom. The Labute approximate surface area is 191 Å². The second-order valence-electron chi connectivity index (χ2n) is 8.31. The lowest BCUT2D eigenvalue weighted by molar-refractivity contribution is -0.131. The van der Waals surface area contributed by atoms with E-state index < -0.39 is 0 Å². The molecule has 0 bridgehead atoms. The minimum absolute atomic E-state index is 0.0443. The van der Waals surface area contributed by atoms with Gasteiger partial charge in [-0.25, -0.2) is 4.98 Å². The number of para-hydroxylation sites is 1. The van der Waals surface area contributed by atoms with Crippen LogP contribution in [0.4, 0.5) is 0 Å². The predicted molar refractivity (Wildman–Crippen MR) is 125 cm³/mol. The highest BCUT2D eigenvalue weighted by Gasteiger charge is 2.21. The third-order valence-corrected chi connectivity index (χ3v) is 6.16. The Kier molecular flexibility index (Phi) is 5.83. The van der Waals surface area contributed by atoms with Gasteiger partial charge in [0.1, 0.15) is 23.4 Å². The van der Waals surface area contributed by atoms with Gasteiger partial charge < -0.3 is 14.1 Å². The van der Waals surface area contributed by atoms with Crippen LogP contribution in [0.2, 0.25) is 0 Å². The van der Waals surface area contributed by atoms with Crippen molar-refractivity contribution in [3.63, 3.8) is 0 Å². The molecule has 8 nitrogen and oxygen atoms in total. The summed E-state index contributed by atoms with van der Waals surface area (Å²) >= 11 is 0. The molecule has 33 heavy (non-hydrogen) atoms. The largest absolute Gasteiger partial charge is 0.497 e. The number of carbonyl (C=O) groups is 1. The summed E-state index contributed by atoms with van der Waals surface area (Å²) in [6.45, 7) is 3.79. The quantitative estimate of drug-likeness (QED) is 0.469. The fraction of sp³-hybridized carbons (Fsp3) is 0.320. The Morgan fingerprint density at radius 2 is 1.88 bits per heavy atom. The smallest absolute Gasteiger partial charge is 0.297 e. The maximum atomic E-state index is 13.0. The fourth-order valence-electron chi connectivity index (χ4n) is 4.34. The second-order valence-corrected chi connectivity index (χ2v) is 8.31. The first-order valence-electron chi connectivity index (χ1n) is 11.1. The standard InChI is InChI=1S/C25H26N4O4/c1-32-19-9-7-18(8-10-19)15-27-11-4-12-28(14-13-27)22(30)16-29-17-26-23-20-5-2-3-6-21(20)33-24(23)25(29)31/h2-3,5-10,17H,4,11-16H2,1H3. The molecule has 2 aromatic heterocycles. The van der Waals surface area contributed by atoms with Crippen LogP contribution >= 0.6 is 0 Å². The molecule has 0 N–H and O–H groups in total. The van der Waals surface area contributed by atoms with E-state index in [1.54, 1.807) is 13.2 Å². The van der Waals surface area contributed by atoms with Crippen molar-refractivity contribution in [3.8, 4) is 5.75 Å². The normalized spacial score (nSPS) is 15.1. The van der Waals surface area contributed by atoms with E-state index in [0.29, 0.717) is 24.2 Å². The van der Waals surface area contributed by atoms with Gasteiger partial charge in [-0.3, -0.25) is 19.1 Å². The average molecular weight is 447 g/mol. The first kappa shape index (κ1) is 21.2. The van der Waals surface area contributed by atoms with Crippen molar-refractivity contribution in [1.29, 1.82) is 0 Å². The van der Waals surface area contributed by atoms with Gasteiger partial charge in [-0.15, -0.1) is 0 Å². The number of benzene rings is 2. The Morgan fingerprint density at radius 1 is 1.06 bits per heavy atom. The van der Waals surface area contributed by atoms with Crippen molar-refractivity contribution < 1.29 is 13.9 Å². The average Bonchev–Trinajstić information content (AvgIpc) is 3.06. The molecule has 0 unspecified atom stereocenters. The summed E-state index contributed by atoms with van der Waals surface area (Å²) in [6.07, 6.45) is 2.33. The summed E-state index contributed by atoms with van der Waals surface area (Å²) in [7, 11) is 1.66. The number of carbonyl (C=O) groups excluding carboxylic acids is 1. The molecule has 0 aliphatic carbocycles. The molecule has 1 aliphatic heterocycles. The van der Waals surface area contributed by atoms with E-state index in [2.05, 4.69) is 22.0 Å². The molecule has 170 valence electrons. The summed E-state index contributed by atoms with van der Waals surface area (Å²) in [5, 5.41) is 0.799. The highest BCUT2D eigenvalue weighted by molar-refractivity contribution is 6.01. The summed E-state index contributed by atoms with van der Waals surface area (Å²) in [6, 6.07) is 15.5. The maximum absolute atomic E-state index is 13.0.